The first kappa shape index (κ1) is 38.4. The van der Waals surface area contributed by atoms with Gasteiger partial charge in [-0.25, -0.2) is 4.79 Å². The Morgan fingerprint density at radius 1 is 0.646 bits per heavy atom. The number of hydrogen-bond acceptors (Lipinski definition) is 10. The monoisotopic (exact) mass is 666 g/mol. The normalized spacial score (nSPS) is 11.5. The summed E-state index contributed by atoms with van der Waals surface area (Å²) in [5.41, 5.74) is 1.43. The lowest BCUT2D eigenvalue weighted by atomic mass is 10.1. The summed E-state index contributed by atoms with van der Waals surface area (Å²) in [7, 11) is 1.68. The van der Waals surface area contributed by atoms with E-state index in [1.807, 2.05) is 43.3 Å². The highest BCUT2D eigenvalue weighted by atomic mass is 17.2. The van der Waals surface area contributed by atoms with Crippen LogP contribution in [0.15, 0.2) is 85.1 Å². The Kier molecular flexibility index (Phi) is 18.6. The van der Waals surface area contributed by atoms with Crippen LogP contribution in [0, 0.1) is 0 Å². The van der Waals surface area contributed by atoms with Crippen LogP contribution in [0.2, 0.25) is 0 Å². The van der Waals surface area contributed by atoms with E-state index in [0.29, 0.717) is 68.2 Å². The number of esters is 1. The zero-order valence-electron chi connectivity index (χ0n) is 28.5. The van der Waals surface area contributed by atoms with E-state index in [0.717, 1.165) is 49.8 Å². The topological polar surface area (TPSA) is 100 Å². The summed E-state index contributed by atoms with van der Waals surface area (Å²) in [4.78, 5) is 22.6. The van der Waals surface area contributed by atoms with E-state index in [2.05, 4.69) is 6.58 Å². The van der Waals surface area contributed by atoms with Crippen LogP contribution in [-0.4, -0.2) is 59.5 Å². The molecule has 10 heteroatoms. The van der Waals surface area contributed by atoms with Gasteiger partial charge in [0.2, 0.25) is 6.79 Å². The maximum atomic E-state index is 12.7. The van der Waals surface area contributed by atoms with Crippen LogP contribution in [-0.2, 0) is 24.0 Å². The van der Waals surface area contributed by atoms with Crippen molar-refractivity contribution in [1.29, 1.82) is 0 Å². The standard InChI is InChI=1S/C38H50O10/c1-30(2)48-46-28-8-6-5-7-26-43-34-15-17-35(18-16-34)44-29-45-36-19-21-37(22-20-36)47-38(39)33-13-11-32(12-14-33)31(3)42-27-10-25-41-24-9-23-40-4/h11-22,31H,1,5-10,23-29H2,2-4H3. The lowest BCUT2D eigenvalue weighted by molar-refractivity contribution is -0.261. The van der Waals surface area contributed by atoms with Gasteiger partial charge in [0.05, 0.1) is 24.9 Å². The number of hydrogen-bond donors (Lipinski definition) is 0. The highest BCUT2D eigenvalue weighted by Gasteiger charge is 2.11. The Morgan fingerprint density at radius 2 is 1.21 bits per heavy atom. The molecule has 0 spiro atoms. The van der Waals surface area contributed by atoms with E-state index in [1.54, 1.807) is 50.4 Å². The first-order valence-corrected chi connectivity index (χ1v) is 16.5. The largest absolute Gasteiger partial charge is 0.494 e. The minimum absolute atomic E-state index is 0.0254. The molecule has 0 aliphatic heterocycles. The average Bonchev–Trinajstić information content (AvgIpc) is 3.10. The molecule has 0 heterocycles. The number of unbranched alkanes of at least 4 members (excludes halogenated alkanes) is 3. The molecule has 0 N–H and O–H groups in total. The second kappa shape index (κ2) is 23.3. The minimum atomic E-state index is -0.444. The summed E-state index contributed by atoms with van der Waals surface area (Å²) in [6.45, 7) is 11.2. The SMILES string of the molecule is C=C(C)OOCCCCCCOc1ccc(OCOc2ccc(OC(=O)c3ccc(C(C)OCCCOCCCOC)cc3)cc2)cc1. The van der Waals surface area contributed by atoms with Gasteiger partial charge in [-0.05, 0) is 112 Å². The second-order valence-corrected chi connectivity index (χ2v) is 11.1. The summed E-state index contributed by atoms with van der Waals surface area (Å²) < 4.78 is 39.2. The molecule has 3 aromatic rings. The van der Waals surface area contributed by atoms with Crippen molar-refractivity contribution in [3.63, 3.8) is 0 Å². The fraction of sp³-hybridized carbons (Fsp3) is 0.447. The third-order valence-electron chi connectivity index (χ3n) is 6.95. The molecule has 48 heavy (non-hydrogen) atoms. The van der Waals surface area contributed by atoms with Crippen LogP contribution in [0.4, 0.5) is 0 Å². The quantitative estimate of drug-likeness (QED) is 0.0158. The zero-order chi connectivity index (χ0) is 34.2. The molecule has 0 amide bonds. The summed E-state index contributed by atoms with van der Waals surface area (Å²) in [6, 6.07) is 21.5. The maximum Gasteiger partial charge on any atom is 0.343 e. The van der Waals surface area contributed by atoms with E-state index in [-0.39, 0.29) is 12.9 Å². The van der Waals surface area contributed by atoms with Gasteiger partial charge in [0.25, 0.3) is 0 Å². The van der Waals surface area contributed by atoms with E-state index in [1.165, 1.54) is 0 Å². The molecule has 0 saturated carbocycles. The fourth-order valence-corrected chi connectivity index (χ4v) is 4.33. The predicted molar refractivity (Wildman–Crippen MR) is 183 cm³/mol. The van der Waals surface area contributed by atoms with Crippen molar-refractivity contribution in [2.75, 3.05) is 53.5 Å². The highest BCUT2D eigenvalue weighted by Crippen LogP contribution is 2.22. The number of allylic oxidation sites excluding steroid dienone is 1. The van der Waals surface area contributed by atoms with E-state index in [4.69, 9.17) is 42.9 Å². The molecular weight excluding hydrogens is 616 g/mol. The molecule has 0 radical (unpaired) electrons. The van der Waals surface area contributed by atoms with Gasteiger partial charge in [0.1, 0.15) is 28.8 Å². The van der Waals surface area contributed by atoms with Crippen LogP contribution in [0.25, 0.3) is 0 Å². The Bertz CT molecular complexity index is 1290. The van der Waals surface area contributed by atoms with Crippen molar-refractivity contribution >= 4 is 5.97 Å². The van der Waals surface area contributed by atoms with Crippen molar-refractivity contribution in [2.24, 2.45) is 0 Å². The van der Waals surface area contributed by atoms with Gasteiger partial charge in [-0.2, -0.15) is 4.89 Å². The fourth-order valence-electron chi connectivity index (χ4n) is 4.33. The molecular formula is C38H50O10. The first-order chi connectivity index (χ1) is 23.4. The van der Waals surface area contributed by atoms with Gasteiger partial charge in [-0.1, -0.05) is 25.1 Å². The average molecular weight is 667 g/mol. The molecule has 1 atom stereocenters. The predicted octanol–water partition coefficient (Wildman–Crippen LogP) is 8.26. The number of methoxy groups -OCH3 is 1. The molecule has 10 nitrogen and oxygen atoms in total. The third-order valence-corrected chi connectivity index (χ3v) is 6.95. The maximum absolute atomic E-state index is 12.7. The molecule has 262 valence electrons. The van der Waals surface area contributed by atoms with Gasteiger partial charge in [0, 0.05) is 33.5 Å². The van der Waals surface area contributed by atoms with E-state index >= 15 is 0 Å². The molecule has 0 aliphatic rings. The molecule has 0 aliphatic carbocycles. The lowest BCUT2D eigenvalue weighted by Gasteiger charge is -2.14. The number of carbonyl (C=O) groups is 1. The Hall–Kier alpha value is -4.09. The lowest BCUT2D eigenvalue weighted by Crippen LogP contribution is -2.10. The van der Waals surface area contributed by atoms with Gasteiger partial charge in [-0.3, -0.25) is 0 Å². The molecule has 1 unspecified atom stereocenters. The highest BCUT2D eigenvalue weighted by molar-refractivity contribution is 5.91. The zero-order valence-corrected chi connectivity index (χ0v) is 28.5. The van der Waals surface area contributed by atoms with Gasteiger partial charge >= 0.3 is 5.97 Å². The molecule has 0 bridgehead atoms. The van der Waals surface area contributed by atoms with E-state index < -0.39 is 5.97 Å². The van der Waals surface area contributed by atoms with Gasteiger partial charge < -0.3 is 38.0 Å². The number of carbonyl (C=O) groups excluding carboxylic acids is 1. The van der Waals surface area contributed by atoms with Crippen molar-refractivity contribution in [3.05, 3.63) is 96.3 Å². The van der Waals surface area contributed by atoms with Crippen molar-refractivity contribution in [3.8, 4) is 23.0 Å². The van der Waals surface area contributed by atoms with Crippen LogP contribution in [0.1, 0.15) is 74.4 Å². The molecule has 0 fully saturated rings. The van der Waals surface area contributed by atoms with Crippen LogP contribution < -0.4 is 18.9 Å². The van der Waals surface area contributed by atoms with Gasteiger partial charge in [0.15, 0.2) is 0 Å². The Labute approximate surface area is 284 Å². The number of ether oxygens (including phenoxy) is 7. The molecule has 0 aromatic heterocycles. The van der Waals surface area contributed by atoms with Crippen LogP contribution in [0.3, 0.4) is 0 Å². The number of benzene rings is 3. The molecule has 3 aromatic carbocycles. The Morgan fingerprint density at radius 3 is 1.81 bits per heavy atom. The van der Waals surface area contributed by atoms with Crippen molar-refractivity contribution < 1.29 is 47.7 Å². The minimum Gasteiger partial charge on any atom is -0.494 e. The summed E-state index contributed by atoms with van der Waals surface area (Å²) in [6.07, 6.45) is 5.59. The first-order valence-electron chi connectivity index (χ1n) is 16.5. The van der Waals surface area contributed by atoms with Crippen molar-refractivity contribution in [2.45, 2.75) is 58.5 Å². The molecule has 0 saturated heterocycles. The smallest absolute Gasteiger partial charge is 0.343 e. The Balaban J connectivity index is 1.27. The summed E-state index contributed by atoms with van der Waals surface area (Å²) in [5, 5.41) is 0. The van der Waals surface area contributed by atoms with Crippen LogP contribution >= 0.6 is 0 Å². The summed E-state index contributed by atoms with van der Waals surface area (Å²) in [5.74, 6) is 2.56. The van der Waals surface area contributed by atoms with Gasteiger partial charge in [-0.15, -0.1) is 0 Å². The second-order valence-electron chi connectivity index (χ2n) is 11.1. The molecule has 3 rings (SSSR count). The summed E-state index contributed by atoms with van der Waals surface area (Å²) >= 11 is 0. The van der Waals surface area contributed by atoms with E-state index in [9.17, 15) is 4.79 Å². The number of rotatable bonds is 26. The van der Waals surface area contributed by atoms with Crippen molar-refractivity contribution in [1.82, 2.24) is 0 Å². The third kappa shape index (κ3) is 16.1. The van der Waals surface area contributed by atoms with Crippen LogP contribution in [0.5, 0.6) is 23.0 Å².